The summed E-state index contributed by atoms with van der Waals surface area (Å²) in [4.78, 5) is 25.4. The number of aromatic nitrogens is 4. The second kappa shape index (κ2) is 7.08. The van der Waals surface area contributed by atoms with Crippen LogP contribution in [-0.4, -0.2) is 72.8 Å². The van der Waals surface area contributed by atoms with Gasteiger partial charge in [0.15, 0.2) is 17.4 Å². The van der Waals surface area contributed by atoms with Gasteiger partial charge in [0.25, 0.3) is 5.56 Å². The molecule has 0 saturated carbocycles. The molecular weight excluding hydrogens is 356 g/mol. The lowest BCUT2D eigenvalue weighted by Gasteiger charge is -2.26. The van der Waals surface area contributed by atoms with Crippen LogP contribution in [0.1, 0.15) is 31.9 Å². The van der Waals surface area contributed by atoms with Crippen LogP contribution >= 0.6 is 0 Å². The van der Waals surface area contributed by atoms with Crippen LogP contribution < -0.4 is 16.2 Å². The average Bonchev–Trinajstić information content (AvgIpc) is 2.99. The Kier molecular flexibility index (Phi) is 4.76. The SMILES string of the molecule is Nc1nc2c(nc(N3CCCCCC3)n2C2OC(CO)C(O)C2O)c(=O)[nH]1. The highest BCUT2D eigenvalue weighted by atomic mass is 16.6. The Balaban J connectivity index is 1.88. The van der Waals surface area contributed by atoms with Crippen molar-refractivity contribution in [2.75, 3.05) is 30.3 Å². The minimum Gasteiger partial charge on any atom is -0.394 e. The van der Waals surface area contributed by atoms with E-state index in [-0.39, 0.29) is 17.1 Å². The predicted octanol–water partition coefficient (Wildman–Crippen LogP) is -1.31. The van der Waals surface area contributed by atoms with Gasteiger partial charge in [-0.2, -0.15) is 4.98 Å². The predicted molar refractivity (Wildman–Crippen MR) is 96.3 cm³/mol. The highest BCUT2D eigenvalue weighted by molar-refractivity contribution is 5.75. The molecule has 6 N–H and O–H groups in total. The topological polar surface area (TPSA) is 163 Å². The van der Waals surface area contributed by atoms with Crippen LogP contribution in [0.25, 0.3) is 11.2 Å². The molecule has 2 aromatic rings. The van der Waals surface area contributed by atoms with E-state index in [1.807, 2.05) is 4.90 Å². The van der Waals surface area contributed by atoms with Gasteiger partial charge in [0, 0.05) is 13.1 Å². The van der Waals surface area contributed by atoms with E-state index in [2.05, 4.69) is 15.0 Å². The lowest BCUT2D eigenvalue weighted by Crippen LogP contribution is -2.34. The van der Waals surface area contributed by atoms with E-state index < -0.39 is 36.7 Å². The number of ether oxygens (including phenoxy) is 1. The number of aliphatic hydroxyl groups excluding tert-OH is 3. The Hall–Kier alpha value is -2.21. The Morgan fingerprint density at radius 3 is 2.48 bits per heavy atom. The molecule has 2 aliphatic rings. The first-order valence-corrected chi connectivity index (χ1v) is 9.16. The second-order valence-electron chi connectivity index (χ2n) is 7.04. The number of rotatable bonds is 3. The van der Waals surface area contributed by atoms with Gasteiger partial charge in [0.2, 0.25) is 11.9 Å². The smallest absolute Gasteiger partial charge is 0.280 e. The summed E-state index contributed by atoms with van der Waals surface area (Å²) in [6, 6.07) is 0. The molecule has 0 aromatic carbocycles. The molecule has 27 heavy (non-hydrogen) atoms. The van der Waals surface area contributed by atoms with Crippen molar-refractivity contribution in [1.82, 2.24) is 19.5 Å². The molecule has 0 bridgehead atoms. The molecule has 2 fully saturated rings. The maximum atomic E-state index is 12.3. The molecule has 11 heteroatoms. The quantitative estimate of drug-likeness (QED) is 0.435. The van der Waals surface area contributed by atoms with Crippen molar-refractivity contribution in [3.8, 4) is 0 Å². The van der Waals surface area contributed by atoms with Crippen LogP contribution in [0.5, 0.6) is 0 Å². The molecule has 148 valence electrons. The molecule has 0 aliphatic carbocycles. The summed E-state index contributed by atoms with van der Waals surface area (Å²) in [5.41, 5.74) is 5.48. The number of H-pyrrole nitrogens is 1. The number of aliphatic hydroxyl groups is 3. The van der Waals surface area contributed by atoms with Crippen molar-refractivity contribution in [2.24, 2.45) is 0 Å². The molecule has 4 unspecified atom stereocenters. The first-order chi connectivity index (χ1) is 13.0. The fourth-order valence-corrected chi connectivity index (χ4v) is 3.81. The zero-order valence-corrected chi connectivity index (χ0v) is 14.8. The monoisotopic (exact) mass is 380 g/mol. The van der Waals surface area contributed by atoms with Crippen LogP contribution in [0.3, 0.4) is 0 Å². The Bertz CT molecular complexity index is 874. The number of anilines is 2. The number of fused-ring (bicyclic) bond motifs is 1. The van der Waals surface area contributed by atoms with E-state index >= 15 is 0 Å². The molecular formula is C16H24N6O5. The first-order valence-electron chi connectivity index (χ1n) is 9.16. The van der Waals surface area contributed by atoms with Crippen LogP contribution in [0.2, 0.25) is 0 Å². The maximum Gasteiger partial charge on any atom is 0.280 e. The third kappa shape index (κ3) is 3.06. The van der Waals surface area contributed by atoms with Gasteiger partial charge in [0.05, 0.1) is 6.61 Å². The van der Waals surface area contributed by atoms with Gasteiger partial charge in [0.1, 0.15) is 18.3 Å². The summed E-state index contributed by atoms with van der Waals surface area (Å²) >= 11 is 0. The van der Waals surface area contributed by atoms with E-state index in [1.165, 1.54) is 4.57 Å². The summed E-state index contributed by atoms with van der Waals surface area (Å²) in [7, 11) is 0. The summed E-state index contributed by atoms with van der Waals surface area (Å²) in [6.45, 7) is 1.04. The molecule has 4 heterocycles. The number of hydrogen-bond acceptors (Lipinski definition) is 9. The Morgan fingerprint density at radius 1 is 1.15 bits per heavy atom. The summed E-state index contributed by atoms with van der Waals surface area (Å²) in [6.07, 6.45) is -0.405. The number of nitrogens with one attached hydrogen (secondary N) is 1. The summed E-state index contributed by atoms with van der Waals surface area (Å²) < 4.78 is 7.19. The van der Waals surface area contributed by atoms with Crippen LogP contribution in [0.4, 0.5) is 11.9 Å². The highest BCUT2D eigenvalue weighted by Gasteiger charge is 2.45. The van der Waals surface area contributed by atoms with Gasteiger partial charge in [-0.25, -0.2) is 4.98 Å². The van der Waals surface area contributed by atoms with E-state index in [0.717, 1.165) is 38.8 Å². The minimum absolute atomic E-state index is 0.0807. The fourth-order valence-electron chi connectivity index (χ4n) is 3.81. The number of aromatic amines is 1. The van der Waals surface area contributed by atoms with Gasteiger partial charge in [-0.05, 0) is 12.8 Å². The van der Waals surface area contributed by atoms with Gasteiger partial charge < -0.3 is 30.7 Å². The normalized spacial score (nSPS) is 29.4. The van der Waals surface area contributed by atoms with E-state index in [4.69, 9.17) is 10.5 Å². The largest absolute Gasteiger partial charge is 0.394 e. The molecule has 2 aromatic heterocycles. The maximum absolute atomic E-state index is 12.3. The average molecular weight is 380 g/mol. The van der Waals surface area contributed by atoms with Crippen LogP contribution in [0.15, 0.2) is 4.79 Å². The summed E-state index contributed by atoms with van der Waals surface area (Å²) in [5.74, 6) is 0.355. The van der Waals surface area contributed by atoms with Crippen molar-refractivity contribution >= 4 is 23.1 Å². The summed E-state index contributed by atoms with van der Waals surface area (Å²) in [5, 5.41) is 30.1. The fraction of sp³-hybridized carbons (Fsp3) is 0.688. The number of nitrogens with two attached hydrogens (primary N) is 1. The van der Waals surface area contributed by atoms with E-state index in [0.29, 0.717) is 5.95 Å². The van der Waals surface area contributed by atoms with Crippen molar-refractivity contribution in [3.05, 3.63) is 10.4 Å². The van der Waals surface area contributed by atoms with E-state index in [1.54, 1.807) is 0 Å². The molecule has 11 nitrogen and oxygen atoms in total. The highest BCUT2D eigenvalue weighted by Crippen LogP contribution is 2.35. The molecule has 4 rings (SSSR count). The standard InChI is InChI=1S/C16H24N6O5/c17-15-19-12-9(13(26)20-15)18-16(21-5-3-1-2-4-6-21)22(12)14-11(25)10(24)8(7-23)27-14/h8,10-11,14,23-25H,1-7H2,(H3,17,19,20,26). The van der Waals surface area contributed by atoms with Gasteiger partial charge >= 0.3 is 0 Å². The van der Waals surface area contributed by atoms with Crippen molar-refractivity contribution in [1.29, 1.82) is 0 Å². The van der Waals surface area contributed by atoms with Gasteiger partial charge in [-0.15, -0.1) is 0 Å². The number of imidazole rings is 1. The van der Waals surface area contributed by atoms with Crippen molar-refractivity contribution < 1.29 is 20.1 Å². The Labute approximate surface area is 154 Å². The third-order valence-electron chi connectivity index (χ3n) is 5.21. The minimum atomic E-state index is -1.31. The molecule has 4 atom stereocenters. The lowest BCUT2D eigenvalue weighted by molar-refractivity contribution is -0.0504. The Morgan fingerprint density at radius 2 is 1.85 bits per heavy atom. The number of hydrogen-bond donors (Lipinski definition) is 5. The van der Waals surface area contributed by atoms with Crippen LogP contribution in [0, 0.1) is 0 Å². The third-order valence-corrected chi connectivity index (χ3v) is 5.21. The van der Waals surface area contributed by atoms with Crippen molar-refractivity contribution in [2.45, 2.75) is 50.2 Å². The molecule has 0 spiro atoms. The van der Waals surface area contributed by atoms with Gasteiger partial charge in [-0.1, -0.05) is 12.8 Å². The second-order valence-corrected chi connectivity index (χ2v) is 7.04. The zero-order chi connectivity index (χ0) is 19.1. The van der Waals surface area contributed by atoms with Crippen LogP contribution in [-0.2, 0) is 4.74 Å². The number of nitrogen functional groups attached to an aromatic ring is 1. The molecule has 2 saturated heterocycles. The molecule has 0 radical (unpaired) electrons. The van der Waals surface area contributed by atoms with Crippen molar-refractivity contribution in [3.63, 3.8) is 0 Å². The molecule has 2 aliphatic heterocycles. The zero-order valence-electron chi connectivity index (χ0n) is 14.8. The first kappa shape index (κ1) is 18.2. The molecule has 0 amide bonds. The lowest BCUT2D eigenvalue weighted by atomic mass is 10.1. The van der Waals surface area contributed by atoms with E-state index in [9.17, 15) is 20.1 Å². The number of nitrogens with zero attached hydrogens (tertiary/aromatic N) is 4. The van der Waals surface area contributed by atoms with Gasteiger partial charge in [-0.3, -0.25) is 14.3 Å².